The lowest BCUT2D eigenvalue weighted by Crippen LogP contribution is -1.97. The molecule has 56 heavy (non-hydrogen) atoms. The molecular formula is C48H22N8. The molecule has 0 N–H and O–H groups in total. The minimum Gasteiger partial charge on any atom is -0.309 e. The Balaban J connectivity index is 1.30. The highest BCUT2D eigenvalue weighted by molar-refractivity contribution is 6.12. The second-order valence-electron chi connectivity index (χ2n) is 13.2. The Morgan fingerprint density at radius 2 is 0.661 bits per heavy atom. The van der Waals surface area contributed by atoms with E-state index in [1.807, 2.05) is 60.7 Å². The molecule has 8 nitrogen and oxygen atoms in total. The highest BCUT2D eigenvalue weighted by Crippen LogP contribution is 2.40. The molecule has 0 saturated carbocycles. The van der Waals surface area contributed by atoms with Crippen LogP contribution in [0.1, 0.15) is 33.4 Å². The Bertz CT molecular complexity index is 3150. The normalized spacial score (nSPS) is 10.8. The molecule has 0 radical (unpaired) electrons. The molecule has 0 aliphatic heterocycles. The molecule has 0 bridgehead atoms. The molecule has 9 rings (SSSR count). The van der Waals surface area contributed by atoms with E-state index in [0.29, 0.717) is 22.3 Å². The van der Waals surface area contributed by atoms with Crippen molar-refractivity contribution in [2.75, 3.05) is 0 Å². The summed E-state index contributed by atoms with van der Waals surface area (Å²) in [6.45, 7) is 0. The van der Waals surface area contributed by atoms with Crippen LogP contribution < -0.4 is 0 Å². The maximum absolute atomic E-state index is 10.1. The fraction of sp³-hybridized carbons (Fsp3) is 0. The molecule has 9 aromatic rings. The number of aromatic nitrogens is 2. The van der Waals surface area contributed by atoms with Gasteiger partial charge in [0, 0.05) is 44.0 Å². The first kappa shape index (κ1) is 33.0. The Labute approximate surface area is 320 Å². The lowest BCUT2D eigenvalue weighted by molar-refractivity contribution is 1.14. The van der Waals surface area contributed by atoms with Crippen LogP contribution in [-0.4, -0.2) is 9.13 Å². The lowest BCUT2D eigenvalue weighted by atomic mass is 9.91. The fourth-order valence-corrected chi connectivity index (χ4v) is 7.95. The zero-order valence-electron chi connectivity index (χ0n) is 29.3. The number of para-hydroxylation sites is 2. The van der Waals surface area contributed by atoms with Crippen LogP contribution in [0.3, 0.4) is 0 Å². The summed E-state index contributed by atoms with van der Waals surface area (Å²) >= 11 is 0. The summed E-state index contributed by atoms with van der Waals surface area (Å²) in [5.74, 6) is 0. The van der Waals surface area contributed by atoms with E-state index < -0.39 is 0 Å². The van der Waals surface area contributed by atoms with E-state index in [9.17, 15) is 31.6 Å². The van der Waals surface area contributed by atoms with E-state index in [0.717, 1.165) is 44.2 Å². The van der Waals surface area contributed by atoms with Gasteiger partial charge in [0.1, 0.15) is 0 Å². The van der Waals surface area contributed by atoms with Gasteiger partial charge in [-0.2, -0.15) is 31.6 Å². The zero-order chi connectivity index (χ0) is 38.5. The smallest absolute Gasteiger partial charge is 0.0999 e. The van der Waals surface area contributed by atoms with Gasteiger partial charge in [0.25, 0.3) is 0 Å². The minimum atomic E-state index is 0.208. The van der Waals surface area contributed by atoms with Crippen LogP contribution in [0.15, 0.2) is 133 Å². The van der Waals surface area contributed by atoms with E-state index in [1.54, 1.807) is 0 Å². The van der Waals surface area contributed by atoms with Crippen LogP contribution in [0.2, 0.25) is 0 Å². The van der Waals surface area contributed by atoms with Crippen molar-refractivity contribution in [2.45, 2.75) is 0 Å². The fourth-order valence-electron chi connectivity index (χ4n) is 7.95. The van der Waals surface area contributed by atoms with Crippen LogP contribution in [0.25, 0.3) is 77.2 Å². The summed E-state index contributed by atoms with van der Waals surface area (Å²) < 4.78 is 4.39. The molecule has 2 heterocycles. The number of rotatable bonds is 4. The summed E-state index contributed by atoms with van der Waals surface area (Å²) in [5, 5.41) is 63.5. The van der Waals surface area contributed by atoms with E-state index in [2.05, 4.69) is 94.1 Å². The second kappa shape index (κ2) is 12.9. The number of fused-ring (bicyclic) bond motifs is 6. The van der Waals surface area contributed by atoms with Crippen molar-refractivity contribution in [3.8, 4) is 70.0 Å². The summed E-state index contributed by atoms with van der Waals surface area (Å²) in [7, 11) is 0. The van der Waals surface area contributed by atoms with Crippen LogP contribution in [0, 0.1) is 68.0 Å². The Morgan fingerprint density at radius 3 is 1.00 bits per heavy atom. The molecular weight excluding hydrogens is 689 g/mol. The summed E-state index contributed by atoms with van der Waals surface area (Å²) in [5.41, 5.74) is 9.14. The third-order valence-electron chi connectivity index (χ3n) is 10.3. The molecule has 0 saturated heterocycles. The SMILES string of the molecule is N#Cc1cc(C#N)c(-c2ccc3c(c2)c2cc(-c4c(C#N)cc(C#N)cc4C#N)ccc2n3-c2ccc(-n3c4ccccc4c4ccccc43)cc2)c(C#N)c1. The Kier molecular flexibility index (Phi) is 7.61. The van der Waals surface area contributed by atoms with Gasteiger partial charge in [-0.1, -0.05) is 48.5 Å². The van der Waals surface area contributed by atoms with E-state index in [-0.39, 0.29) is 33.4 Å². The zero-order valence-corrected chi connectivity index (χ0v) is 29.3. The topological polar surface area (TPSA) is 153 Å². The van der Waals surface area contributed by atoms with Gasteiger partial charge in [-0.25, -0.2) is 0 Å². The molecule has 0 unspecified atom stereocenters. The van der Waals surface area contributed by atoms with Crippen molar-refractivity contribution >= 4 is 43.6 Å². The molecule has 254 valence electrons. The number of hydrogen-bond acceptors (Lipinski definition) is 6. The van der Waals surface area contributed by atoms with Gasteiger partial charge < -0.3 is 9.13 Å². The first-order valence-electron chi connectivity index (χ1n) is 17.4. The van der Waals surface area contributed by atoms with Crippen molar-refractivity contribution in [2.24, 2.45) is 0 Å². The Morgan fingerprint density at radius 1 is 0.321 bits per heavy atom. The van der Waals surface area contributed by atoms with Crippen LogP contribution in [0.4, 0.5) is 0 Å². The van der Waals surface area contributed by atoms with Gasteiger partial charge >= 0.3 is 0 Å². The van der Waals surface area contributed by atoms with Crippen LogP contribution in [-0.2, 0) is 0 Å². The van der Waals surface area contributed by atoms with Crippen molar-refractivity contribution in [3.63, 3.8) is 0 Å². The molecule has 0 atom stereocenters. The van der Waals surface area contributed by atoms with Gasteiger partial charge in [-0.3, -0.25) is 0 Å². The van der Waals surface area contributed by atoms with Gasteiger partial charge in [0.05, 0.1) is 91.9 Å². The molecule has 2 aromatic heterocycles. The summed E-state index contributed by atoms with van der Waals surface area (Å²) in [4.78, 5) is 0. The van der Waals surface area contributed by atoms with Gasteiger partial charge in [0.2, 0.25) is 0 Å². The van der Waals surface area contributed by atoms with Crippen LogP contribution >= 0.6 is 0 Å². The number of benzene rings is 7. The average molecular weight is 711 g/mol. The van der Waals surface area contributed by atoms with Crippen LogP contribution in [0.5, 0.6) is 0 Å². The molecule has 7 aromatic carbocycles. The monoisotopic (exact) mass is 710 g/mol. The van der Waals surface area contributed by atoms with Gasteiger partial charge in [-0.05, 0) is 96.1 Å². The quantitative estimate of drug-likeness (QED) is 0.177. The average Bonchev–Trinajstić information content (AvgIpc) is 3.77. The molecule has 0 fully saturated rings. The lowest BCUT2D eigenvalue weighted by Gasteiger charge is -2.12. The van der Waals surface area contributed by atoms with E-state index in [4.69, 9.17) is 0 Å². The molecule has 0 aliphatic carbocycles. The summed E-state index contributed by atoms with van der Waals surface area (Å²) in [6.07, 6.45) is 0. The molecule has 8 heteroatoms. The minimum absolute atomic E-state index is 0.208. The van der Waals surface area contributed by atoms with Gasteiger partial charge in [-0.15, -0.1) is 0 Å². The first-order chi connectivity index (χ1) is 27.5. The third-order valence-corrected chi connectivity index (χ3v) is 10.3. The predicted molar refractivity (Wildman–Crippen MR) is 214 cm³/mol. The maximum Gasteiger partial charge on any atom is 0.0999 e. The molecule has 0 aliphatic rings. The second-order valence-corrected chi connectivity index (χ2v) is 13.2. The van der Waals surface area contributed by atoms with Crippen molar-refractivity contribution in [1.82, 2.24) is 9.13 Å². The molecule has 0 spiro atoms. The number of nitrogens with zero attached hydrogens (tertiary/aromatic N) is 8. The molecule has 0 amide bonds. The number of nitriles is 6. The first-order valence-corrected chi connectivity index (χ1v) is 17.4. The van der Waals surface area contributed by atoms with E-state index in [1.165, 1.54) is 35.0 Å². The summed E-state index contributed by atoms with van der Waals surface area (Å²) in [6, 6.07) is 55.3. The highest BCUT2D eigenvalue weighted by Gasteiger charge is 2.21. The predicted octanol–water partition coefficient (Wildman–Crippen LogP) is 10.4. The van der Waals surface area contributed by atoms with Gasteiger partial charge in [0.15, 0.2) is 0 Å². The standard InChI is InChI=1S/C48H22N8/c49-23-29-17-33(25-51)47(34(18-29)26-52)31-9-15-45-41(21-31)42-22-32(48-35(27-53)19-30(24-50)20-36(48)28-54)10-16-46(42)56(45)38-13-11-37(12-14-38)55-43-7-3-1-5-39(43)40-6-2-4-8-44(40)55/h1-22H. The third kappa shape index (κ3) is 4.95. The van der Waals surface area contributed by atoms with Crippen molar-refractivity contribution in [1.29, 1.82) is 31.6 Å². The number of hydrogen-bond donors (Lipinski definition) is 0. The largest absolute Gasteiger partial charge is 0.309 e. The van der Waals surface area contributed by atoms with Crippen molar-refractivity contribution < 1.29 is 0 Å². The van der Waals surface area contributed by atoms with E-state index >= 15 is 0 Å². The highest BCUT2D eigenvalue weighted by atomic mass is 15.0. The Hall–Kier alpha value is -8.92. The van der Waals surface area contributed by atoms with Crippen molar-refractivity contribution in [3.05, 3.63) is 167 Å². The maximum atomic E-state index is 10.1.